The number of ether oxygens (including phenoxy) is 1. The van der Waals surface area contributed by atoms with Crippen LogP contribution >= 0.6 is 0 Å². The lowest BCUT2D eigenvalue weighted by molar-refractivity contribution is -0.133. The Morgan fingerprint density at radius 1 is 1.48 bits per heavy atom. The van der Waals surface area contributed by atoms with Crippen LogP contribution in [0.1, 0.15) is 19.6 Å². The highest BCUT2D eigenvalue weighted by molar-refractivity contribution is 6.40. The second-order valence-corrected chi connectivity index (χ2v) is 5.09. The van der Waals surface area contributed by atoms with Gasteiger partial charge in [0.05, 0.1) is 24.3 Å². The van der Waals surface area contributed by atoms with Gasteiger partial charge in [0.15, 0.2) is 17.7 Å². The van der Waals surface area contributed by atoms with Crippen molar-refractivity contribution >= 4 is 28.5 Å². The zero-order valence-corrected chi connectivity index (χ0v) is 12.1. The average molecular weight is 322 g/mol. The van der Waals surface area contributed by atoms with Crippen molar-refractivity contribution in [2.45, 2.75) is 31.8 Å². The number of hydrogen-bond donors (Lipinski definition) is 3. The predicted octanol–water partition coefficient (Wildman–Crippen LogP) is -1.61. The molecule has 0 spiro atoms. The average Bonchev–Trinajstić information content (AvgIpc) is 3.10. The maximum atomic E-state index is 11.5. The minimum atomic E-state index is -0.826. The molecule has 0 aromatic carbocycles. The van der Waals surface area contributed by atoms with Crippen molar-refractivity contribution in [1.82, 2.24) is 25.2 Å². The van der Waals surface area contributed by atoms with Crippen molar-refractivity contribution in [3.05, 3.63) is 6.20 Å². The smallest absolute Gasteiger partial charge is 0.292 e. The first-order valence-corrected chi connectivity index (χ1v) is 6.84. The van der Waals surface area contributed by atoms with E-state index < -0.39 is 30.1 Å². The molecule has 3 N–H and O–H groups in total. The van der Waals surface area contributed by atoms with E-state index in [9.17, 15) is 14.7 Å². The van der Waals surface area contributed by atoms with Gasteiger partial charge < -0.3 is 20.3 Å². The van der Waals surface area contributed by atoms with Gasteiger partial charge in [-0.15, -0.1) is 10.2 Å². The molecule has 1 fully saturated rings. The second-order valence-electron chi connectivity index (χ2n) is 5.09. The molecule has 122 valence electrons. The first kappa shape index (κ1) is 15.4. The first-order chi connectivity index (χ1) is 11.0. The summed E-state index contributed by atoms with van der Waals surface area (Å²) >= 11 is 0. The maximum absolute atomic E-state index is 11.5. The number of ketones is 1. The monoisotopic (exact) mass is 322 g/mol. The number of Topliss-reactive ketones (excluding diaryl/α,β-unsaturated/α-hetero) is 1. The van der Waals surface area contributed by atoms with Gasteiger partial charge in [-0.25, -0.2) is 4.68 Å². The molecule has 2 aromatic rings. The number of aromatic nitrogens is 5. The largest absolute Gasteiger partial charge is 0.394 e. The molecular weight excluding hydrogens is 308 g/mol. The number of hydrogen-bond acceptors (Lipinski definition) is 9. The second kappa shape index (κ2) is 5.95. The Kier molecular flexibility index (Phi) is 3.98. The highest BCUT2D eigenvalue weighted by Gasteiger charge is 2.36. The topological polar surface area (TPSA) is 152 Å². The van der Waals surface area contributed by atoms with E-state index in [1.54, 1.807) is 0 Å². The number of amides is 1. The van der Waals surface area contributed by atoms with Crippen molar-refractivity contribution in [3.8, 4) is 0 Å². The van der Waals surface area contributed by atoms with E-state index in [-0.39, 0.29) is 24.5 Å². The molecule has 0 aliphatic carbocycles. The summed E-state index contributed by atoms with van der Waals surface area (Å²) in [5, 5.41) is 36.8. The van der Waals surface area contributed by atoms with E-state index in [4.69, 9.17) is 9.84 Å². The Hall–Kier alpha value is -2.50. The molecule has 11 heteroatoms. The quantitative estimate of drug-likeness (QED) is 0.564. The Morgan fingerprint density at radius 2 is 2.26 bits per heavy atom. The van der Waals surface area contributed by atoms with Crippen molar-refractivity contribution < 1.29 is 24.5 Å². The third-order valence-electron chi connectivity index (χ3n) is 3.52. The summed E-state index contributed by atoms with van der Waals surface area (Å²) in [4.78, 5) is 22.5. The minimum absolute atomic E-state index is 0.0544. The van der Waals surface area contributed by atoms with E-state index in [2.05, 4.69) is 25.8 Å². The van der Waals surface area contributed by atoms with E-state index in [0.717, 1.165) is 6.92 Å². The minimum Gasteiger partial charge on any atom is -0.394 e. The van der Waals surface area contributed by atoms with Gasteiger partial charge >= 0.3 is 0 Å². The molecule has 1 amide bonds. The van der Waals surface area contributed by atoms with Crippen LogP contribution < -0.4 is 5.32 Å². The SMILES string of the molecule is CC(=O)C(=O)Nc1nnnc2c1cnn2C1C[C@H](O)[C@@H](CO)O1. The van der Waals surface area contributed by atoms with Gasteiger partial charge in [-0.3, -0.25) is 9.59 Å². The molecule has 11 nitrogen and oxygen atoms in total. The van der Waals surface area contributed by atoms with Gasteiger partial charge in [0.25, 0.3) is 5.91 Å². The Morgan fingerprint density at radius 3 is 2.91 bits per heavy atom. The fraction of sp³-hybridized carbons (Fsp3) is 0.500. The molecule has 1 unspecified atom stereocenters. The lowest BCUT2D eigenvalue weighted by atomic mass is 10.2. The van der Waals surface area contributed by atoms with Crippen molar-refractivity contribution in [1.29, 1.82) is 0 Å². The number of nitrogens with one attached hydrogen (secondary N) is 1. The highest BCUT2D eigenvalue weighted by atomic mass is 16.5. The van der Waals surface area contributed by atoms with Crippen molar-refractivity contribution in [2.24, 2.45) is 0 Å². The Balaban J connectivity index is 1.93. The van der Waals surface area contributed by atoms with Crippen LogP contribution in [0.4, 0.5) is 5.82 Å². The lowest BCUT2D eigenvalue weighted by Gasteiger charge is -2.12. The summed E-state index contributed by atoms with van der Waals surface area (Å²) in [6.07, 6.45) is -0.537. The zero-order chi connectivity index (χ0) is 16.6. The third-order valence-corrected chi connectivity index (χ3v) is 3.52. The molecule has 0 bridgehead atoms. The molecule has 0 saturated carbocycles. The van der Waals surface area contributed by atoms with Crippen molar-refractivity contribution in [2.75, 3.05) is 11.9 Å². The molecule has 1 aliphatic rings. The summed E-state index contributed by atoms with van der Waals surface area (Å²) in [6.45, 7) is 0.817. The summed E-state index contributed by atoms with van der Waals surface area (Å²) in [5.74, 6) is -1.44. The van der Waals surface area contributed by atoms with Crippen LogP contribution in [0.15, 0.2) is 6.20 Å². The normalized spacial score (nSPS) is 24.0. The molecule has 3 heterocycles. The van der Waals surface area contributed by atoms with Gasteiger partial charge in [-0.2, -0.15) is 5.10 Å². The summed E-state index contributed by atoms with van der Waals surface area (Å²) in [5.41, 5.74) is 0.273. The standard InChI is InChI=1S/C12H14N6O5/c1-5(20)12(22)14-10-6-3-13-18(11(6)16-17-15-10)9-2-7(21)8(4-19)23-9/h3,7-9,19,21H,2,4H2,1H3,(H,14,15,16,22)/t7-,8+,9?/m0/s1. The number of nitrogens with zero attached hydrogens (tertiary/aromatic N) is 5. The van der Waals surface area contributed by atoms with E-state index >= 15 is 0 Å². The van der Waals surface area contributed by atoms with Crippen LogP contribution in [0, 0.1) is 0 Å². The van der Waals surface area contributed by atoms with Crippen LogP contribution in [0.2, 0.25) is 0 Å². The number of fused-ring (bicyclic) bond motifs is 1. The van der Waals surface area contributed by atoms with Gasteiger partial charge in [0, 0.05) is 13.3 Å². The Labute approximate surface area is 129 Å². The van der Waals surface area contributed by atoms with Gasteiger partial charge in [0.2, 0.25) is 5.78 Å². The molecule has 1 aliphatic heterocycles. The molecule has 3 atom stereocenters. The first-order valence-electron chi connectivity index (χ1n) is 6.84. The van der Waals surface area contributed by atoms with E-state index in [1.165, 1.54) is 10.9 Å². The molecule has 23 heavy (non-hydrogen) atoms. The summed E-state index contributed by atoms with van der Waals surface area (Å²) < 4.78 is 6.89. The summed E-state index contributed by atoms with van der Waals surface area (Å²) in [6, 6.07) is 0. The lowest BCUT2D eigenvalue weighted by Crippen LogP contribution is -2.24. The maximum Gasteiger partial charge on any atom is 0.292 e. The fourth-order valence-corrected chi connectivity index (χ4v) is 2.31. The number of anilines is 1. The van der Waals surface area contributed by atoms with Crippen LogP contribution in [0.25, 0.3) is 11.0 Å². The van der Waals surface area contributed by atoms with Crippen LogP contribution in [-0.4, -0.2) is 65.9 Å². The zero-order valence-electron chi connectivity index (χ0n) is 12.1. The molecule has 2 aromatic heterocycles. The number of rotatable bonds is 4. The molecular formula is C12H14N6O5. The number of aliphatic hydroxyl groups is 2. The third kappa shape index (κ3) is 2.76. The van der Waals surface area contributed by atoms with Crippen LogP contribution in [0.3, 0.4) is 0 Å². The van der Waals surface area contributed by atoms with Gasteiger partial charge in [-0.1, -0.05) is 0 Å². The number of carbonyl (C=O) groups excluding carboxylic acids is 2. The molecule has 0 radical (unpaired) electrons. The predicted molar refractivity (Wildman–Crippen MR) is 74.0 cm³/mol. The Bertz CT molecular complexity index is 761. The molecule has 3 rings (SSSR count). The summed E-state index contributed by atoms with van der Waals surface area (Å²) in [7, 11) is 0. The van der Waals surface area contributed by atoms with E-state index in [1.807, 2.05) is 0 Å². The van der Waals surface area contributed by atoms with Crippen LogP contribution in [0.5, 0.6) is 0 Å². The molecule has 1 saturated heterocycles. The van der Waals surface area contributed by atoms with Gasteiger partial charge in [0.1, 0.15) is 6.10 Å². The van der Waals surface area contributed by atoms with Gasteiger partial charge in [-0.05, 0) is 5.21 Å². The van der Waals surface area contributed by atoms with Crippen LogP contribution in [-0.2, 0) is 14.3 Å². The number of carbonyl (C=O) groups is 2. The van der Waals surface area contributed by atoms with Crippen molar-refractivity contribution in [3.63, 3.8) is 0 Å². The number of aliphatic hydroxyl groups excluding tert-OH is 2. The highest BCUT2D eigenvalue weighted by Crippen LogP contribution is 2.31. The van der Waals surface area contributed by atoms with E-state index in [0.29, 0.717) is 5.39 Å². The fourth-order valence-electron chi connectivity index (χ4n) is 2.31.